The van der Waals surface area contributed by atoms with Crippen molar-refractivity contribution in [1.29, 1.82) is 0 Å². The standard InChI is InChI=1S/C16H12IN3O/c1-21-13-4-2-11(3-5-13)14-10-15(20-16(17)19-14)12-6-8-18-9-7-12/h2-10H,1H3. The summed E-state index contributed by atoms with van der Waals surface area (Å²) in [5.41, 5.74) is 3.85. The van der Waals surface area contributed by atoms with Crippen molar-refractivity contribution in [2.45, 2.75) is 0 Å². The van der Waals surface area contributed by atoms with Crippen LogP contribution in [-0.2, 0) is 0 Å². The quantitative estimate of drug-likeness (QED) is 0.505. The average Bonchev–Trinajstić information content (AvgIpc) is 2.55. The van der Waals surface area contributed by atoms with Gasteiger partial charge in [-0.15, -0.1) is 0 Å². The number of ether oxygens (including phenoxy) is 1. The molecule has 0 atom stereocenters. The molecule has 3 aromatic rings. The van der Waals surface area contributed by atoms with Crippen LogP contribution in [0.2, 0.25) is 0 Å². The predicted molar refractivity (Wildman–Crippen MR) is 90.0 cm³/mol. The minimum atomic E-state index is 0.715. The van der Waals surface area contributed by atoms with Gasteiger partial charge >= 0.3 is 0 Å². The van der Waals surface area contributed by atoms with Crippen LogP contribution in [0.25, 0.3) is 22.5 Å². The van der Waals surface area contributed by atoms with Crippen molar-refractivity contribution >= 4 is 22.6 Å². The maximum absolute atomic E-state index is 5.18. The number of hydrogen-bond donors (Lipinski definition) is 0. The van der Waals surface area contributed by atoms with Crippen LogP contribution in [0.5, 0.6) is 5.75 Å². The summed E-state index contributed by atoms with van der Waals surface area (Å²) in [6.07, 6.45) is 3.52. The topological polar surface area (TPSA) is 47.9 Å². The molecule has 2 aromatic heterocycles. The van der Waals surface area contributed by atoms with E-state index in [1.165, 1.54) is 0 Å². The third kappa shape index (κ3) is 3.18. The lowest BCUT2D eigenvalue weighted by Crippen LogP contribution is -1.94. The zero-order valence-electron chi connectivity index (χ0n) is 11.3. The summed E-state index contributed by atoms with van der Waals surface area (Å²) in [5.74, 6) is 0.830. The molecule has 0 aliphatic carbocycles. The number of methoxy groups -OCH3 is 1. The van der Waals surface area contributed by atoms with Crippen molar-refractivity contribution in [3.63, 3.8) is 0 Å². The highest BCUT2D eigenvalue weighted by Gasteiger charge is 2.07. The minimum absolute atomic E-state index is 0.715. The van der Waals surface area contributed by atoms with E-state index in [0.717, 1.165) is 28.3 Å². The molecule has 4 nitrogen and oxygen atoms in total. The fourth-order valence-corrected chi connectivity index (χ4v) is 2.52. The van der Waals surface area contributed by atoms with Gasteiger partial charge in [0.25, 0.3) is 0 Å². The van der Waals surface area contributed by atoms with Gasteiger partial charge < -0.3 is 4.74 Å². The summed E-state index contributed by atoms with van der Waals surface area (Å²) < 4.78 is 5.90. The number of hydrogen-bond acceptors (Lipinski definition) is 4. The van der Waals surface area contributed by atoms with Gasteiger partial charge in [-0.05, 0) is 42.5 Å². The predicted octanol–water partition coefficient (Wildman–Crippen LogP) is 3.82. The van der Waals surface area contributed by atoms with Crippen LogP contribution < -0.4 is 4.74 Å². The highest BCUT2D eigenvalue weighted by molar-refractivity contribution is 14.1. The Balaban J connectivity index is 2.05. The summed E-state index contributed by atoms with van der Waals surface area (Å²) in [4.78, 5) is 13.0. The highest BCUT2D eigenvalue weighted by atomic mass is 127. The molecule has 0 radical (unpaired) electrons. The SMILES string of the molecule is COc1ccc(-c2cc(-c3ccncc3)nc(I)n2)cc1. The van der Waals surface area contributed by atoms with E-state index in [-0.39, 0.29) is 0 Å². The van der Waals surface area contributed by atoms with Gasteiger partial charge in [-0.3, -0.25) is 4.98 Å². The normalized spacial score (nSPS) is 10.4. The van der Waals surface area contributed by atoms with Crippen LogP contribution in [-0.4, -0.2) is 22.1 Å². The highest BCUT2D eigenvalue weighted by Crippen LogP contribution is 2.25. The Morgan fingerprint density at radius 2 is 1.43 bits per heavy atom. The number of rotatable bonds is 3. The molecular formula is C16H12IN3O. The fraction of sp³-hybridized carbons (Fsp3) is 0.0625. The van der Waals surface area contributed by atoms with Gasteiger partial charge in [0.15, 0.2) is 3.83 Å². The van der Waals surface area contributed by atoms with Gasteiger partial charge in [0.2, 0.25) is 0 Å². The Morgan fingerprint density at radius 1 is 0.857 bits per heavy atom. The lowest BCUT2D eigenvalue weighted by atomic mass is 10.1. The fourth-order valence-electron chi connectivity index (χ4n) is 2.00. The Hall–Kier alpha value is -2.02. The van der Waals surface area contributed by atoms with Gasteiger partial charge in [-0.1, -0.05) is 0 Å². The van der Waals surface area contributed by atoms with Crippen LogP contribution >= 0.6 is 22.6 Å². The summed E-state index contributed by atoms with van der Waals surface area (Å²) in [7, 11) is 1.66. The van der Waals surface area contributed by atoms with Gasteiger partial charge in [-0.2, -0.15) is 0 Å². The van der Waals surface area contributed by atoms with E-state index in [2.05, 4.69) is 37.5 Å². The molecule has 5 heteroatoms. The largest absolute Gasteiger partial charge is 0.497 e. The molecule has 0 saturated heterocycles. The molecule has 21 heavy (non-hydrogen) atoms. The molecule has 104 valence electrons. The first-order chi connectivity index (χ1) is 10.3. The van der Waals surface area contributed by atoms with E-state index < -0.39 is 0 Å². The number of aromatic nitrogens is 3. The van der Waals surface area contributed by atoms with Gasteiger partial charge in [-0.25, -0.2) is 9.97 Å². The molecule has 0 unspecified atom stereocenters. The number of halogens is 1. The lowest BCUT2D eigenvalue weighted by Gasteiger charge is -2.06. The lowest BCUT2D eigenvalue weighted by molar-refractivity contribution is 0.415. The zero-order valence-corrected chi connectivity index (χ0v) is 13.5. The smallest absolute Gasteiger partial charge is 0.191 e. The van der Waals surface area contributed by atoms with Gasteiger partial charge in [0.05, 0.1) is 18.5 Å². The van der Waals surface area contributed by atoms with E-state index in [0.29, 0.717) is 3.83 Å². The van der Waals surface area contributed by atoms with Crippen molar-refractivity contribution < 1.29 is 4.74 Å². The Bertz CT molecular complexity index is 745. The van der Waals surface area contributed by atoms with E-state index in [9.17, 15) is 0 Å². The minimum Gasteiger partial charge on any atom is -0.497 e. The number of benzene rings is 1. The maximum atomic E-state index is 5.18. The molecule has 0 aliphatic heterocycles. The van der Waals surface area contributed by atoms with Crippen molar-refractivity contribution in [2.24, 2.45) is 0 Å². The van der Waals surface area contributed by atoms with E-state index in [1.54, 1.807) is 19.5 Å². The van der Waals surface area contributed by atoms with Crippen molar-refractivity contribution in [3.05, 3.63) is 58.7 Å². The molecule has 0 aliphatic rings. The Kier molecular flexibility index (Phi) is 4.10. The molecule has 0 fully saturated rings. The first kappa shape index (κ1) is 13.9. The van der Waals surface area contributed by atoms with Crippen molar-refractivity contribution in [1.82, 2.24) is 15.0 Å². The molecule has 0 N–H and O–H groups in total. The number of nitrogens with zero attached hydrogens (tertiary/aromatic N) is 3. The molecule has 3 rings (SSSR count). The van der Waals surface area contributed by atoms with E-state index >= 15 is 0 Å². The average molecular weight is 389 g/mol. The second kappa shape index (κ2) is 6.17. The van der Waals surface area contributed by atoms with Crippen LogP contribution in [0, 0.1) is 3.83 Å². The van der Waals surface area contributed by atoms with Crippen molar-refractivity contribution in [3.8, 4) is 28.3 Å². The third-order valence-corrected chi connectivity index (χ3v) is 3.54. The maximum Gasteiger partial charge on any atom is 0.191 e. The molecule has 0 saturated carbocycles. The monoisotopic (exact) mass is 389 g/mol. The molecule has 1 aromatic carbocycles. The van der Waals surface area contributed by atoms with E-state index in [1.807, 2.05) is 42.5 Å². The summed E-state index contributed by atoms with van der Waals surface area (Å²) in [6, 6.07) is 13.7. The summed E-state index contributed by atoms with van der Waals surface area (Å²) in [5, 5.41) is 0. The first-order valence-corrected chi connectivity index (χ1v) is 7.43. The zero-order chi connectivity index (χ0) is 14.7. The Labute approximate surface area is 136 Å². The van der Waals surface area contributed by atoms with Gasteiger partial charge in [0.1, 0.15) is 5.75 Å². The van der Waals surface area contributed by atoms with E-state index in [4.69, 9.17) is 4.74 Å². The van der Waals surface area contributed by atoms with Crippen LogP contribution in [0.1, 0.15) is 0 Å². The second-order valence-corrected chi connectivity index (χ2v) is 5.34. The first-order valence-electron chi connectivity index (χ1n) is 6.35. The molecule has 2 heterocycles. The summed E-state index contributed by atoms with van der Waals surface area (Å²) in [6.45, 7) is 0. The Morgan fingerprint density at radius 3 is 2.00 bits per heavy atom. The molecule has 0 amide bonds. The number of pyridine rings is 1. The van der Waals surface area contributed by atoms with Gasteiger partial charge in [0, 0.05) is 46.1 Å². The summed E-state index contributed by atoms with van der Waals surface area (Å²) >= 11 is 2.14. The second-order valence-electron chi connectivity index (χ2n) is 4.37. The molecule has 0 bridgehead atoms. The molecule has 0 spiro atoms. The van der Waals surface area contributed by atoms with Crippen molar-refractivity contribution in [2.75, 3.05) is 7.11 Å². The van der Waals surface area contributed by atoms with Crippen LogP contribution in [0.4, 0.5) is 0 Å². The van der Waals surface area contributed by atoms with Crippen LogP contribution in [0.3, 0.4) is 0 Å². The third-order valence-electron chi connectivity index (χ3n) is 3.06. The molecular weight excluding hydrogens is 377 g/mol. The van der Waals surface area contributed by atoms with Crippen LogP contribution in [0.15, 0.2) is 54.9 Å².